The zero-order chi connectivity index (χ0) is 16.8. The van der Waals surface area contributed by atoms with Crippen LogP contribution >= 0.6 is 0 Å². The van der Waals surface area contributed by atoms with E-state index in [0.717, 1.165) is 23.9 Å². The average Bonchev–Trinajstić information content (AvgIpc) is 2.74. The van der Waals surface area contributed by atoms with Gasteiger partial charge >= 0.3 is 0 Å². The summed E-state index contributed by atoms with van der Waals surface area (Å²) in [5.41, 5.74) is 2.74. The molecule has 22 heavy (non-hydrogen) atoms. The van der Waals surface area contributed by atoms with Crippen molar-refractivity contribution in [2.24, 2.45) is 0 Å². The lowest BCUT2D eigenvalue weighted by molar-refractivity contribution is -2.00. The molecule has 1 heterocycles. The van der Waals surface area contributed by atoms with Gasteiger partial charge in [-0.2, -0.15) is 0 Å². The largest absolute Gasteiger partial charge is 0.311 e. The van der Waals surface area contributed by atoms with Crippen molar-refractivity contribution < 1.29 is 38.1 Å². The number of halogens is 1. The minimum Gasteiger partial charge on any atom is -0.311 e. The molecular formula is C15H22ClNO5. The fourth-order valence-electron chi connectivity index (χ4n) is 3.99. The van der Waals surface area contributed by atoms with Crippen molar-refractivity contribution in [2.45, 2.75) is 38.0 Å². The molecule has 0 saturated carbocycles. The maximum atomic E-state index is 8.49. The van der Waals surface area contributed by atoms with Crippen LogP contribution < -0.4 is 18.6 Å². The molecule has 0 bridgehead atoms. The van der Waals surface area contributed by atoms with Crippen molar-refractivity contribution in [1.29, 1.82) is 0 Å². The van der Waals surface area contributed by atoms with Gasteiger partial charge in [0.1, 0.15) is 12.1 Å². The van der Waals surface area contributed by atoms with Gasteiger partial charge < -0.3 is 4.74 Å². The maximum absolute atomic E-state index is 8.49. The Hall–Kier alpha value is -0.730. The Morgan fingerprint density at radius 1 is 1.09 bits per heavy atom. The first kappa shape index (κ1) is 17.6. The van der Waals surface area contributed by atoms with E-state index in [4.69, 9.17) is 23.4 Å². The van der Waals surface area contributed by atoms with E-state index in [1.54, 1.807) is 0 Å². The smallest absolute Gasteiger partial charge is 0.231 e. The molecule has 1 saturated heterocycles. The van der Waals surface area contributed by atoms with Crippen LogP contribution in [0.1, 0.15) is 31.4 Å². The molecule has 2 aliphatic rings. The van der Waals surface area contributed by atoms with Crippen LogP contribution in [0.5, 0.6) is 0 Å². The van der Waals surface area contributed by atoms with Gasteiger partial charge in [-0.05, 0) is 31.9 Å². The fraction of sp³-hybridized carbons (Fsp3) is 0.600. The van der Waals surface area contributed by atoms with E-state index in [-0.39, 0.29) is 11.3 Å². The zero-order valence-corrected chi connectivity index (χ0v) is 14.1. The highest BCUT2D eigenvalue weighted by molar-refractivity contribution is 5.36. The third-order valence-corrected chi connectivity index (χ3v) is 4.37. The van der Waals surface area contributed by atoms with Gasteiger partial charge in [0, 0.05) is 12.0 Å². The first-order valence-corrected chi connectivity index (χ1v) is 8.33. The molecule has 0 amide bonds. The lowest BCUT2D eigenvalue weighted by Gasteiger charge is -2.39. The predicted molar refractivity (Wildman–Crippen MR) is 68.6 cm³/mol. The van der Waals surface area contributed by atoms with E-state index < -0.39 is 10.2 Å². The molecular weight excluding hydrogens is 310 g/mol. The molecule has 1 unspecified atom stereocenters. The monoisotopic (exact) mass is 331 g/mol. The Kier molecular flexibility index (Phi) is 4.34. The predicted octanol–water partition coefficient (Wildman–Crippen LogP) is -2.09. The summed E-state index contributed by atoms with van der Waals surface area (Å²) in [4.78, 5) is 0. The van der Waals surface area contributed by atoms with E-state index in [0.29, 0.717) is 0 Å². The normalized spacial score (nSPS) is 28.2. The number of aryl methyl sites for hydroxylation is 1. The van der Waals surface area contributed by atoms with Crippen molar-refractivity contribution >= 4 is 0 Å². The molecule has 0 radical (unpaired) electrons. The number of fused-ring (bicyclic) bond motifs is 2. The standard InChI is InChI=1S/C15H22NO.ClHO4/c1-14(2)11-16(3,4)15(17-14)10-9-12-7-5-6-8-13(12)15;2-1(3,4)5/h5-8H,9-11H2,1-4H3;(H,2,3,4,5)/q+1;/p-1. The Morgan fingerprint density at radius 2 is 1.64 bits per heavy atom. The molecule has 1 aliphatic carbocycles. The summed E-state index contributed by atoms with van der Waals surface area (Å²) >= 11 is 0. The minimum atomic E-state index is -4.94. The summed E-state index contributed by atoms with van der Waals surface area (Å²) < 4.78 is 41.4. The van der Waals surface area contributed by atoms with Gasteiger partial charge in [-0.15, -0.1) is 10.2 Å². The van der Waals surface area contributed by atoms with E-state index in [2.05, 4.69) is 52.2 Å². The SMILES string of the molecule is CC1(C)C[N+](C)(C)C2(CCc3ccccc32)O1.[O-][Cl+3]([O-])([O-])[O-]. The van der Waals surface area contributed by atoms with Crippen LogP contribution in [0.3, 0.4) is 0 Å². The fourth-order valence-corrected chi connectivity index (χ4v) is 3.99. The van der Waals surface area contributed by atoms with Crippen molar-refractivity contribution in [2.75, 3.05) is 20.6 Å². The molecule has 1 spiro atoms. The van der Waals surface area contributed by atoms with E-state index in [1.807, 2.05) is 0 Å². The molecule has 1 atom stereocenters. The van der Waals surface area contributed by atoms with Crippen molar-refractivity contribution in [3.63, 3.8) is 0 Å². The number of hydrogen-bond donors (Lipinski definition) is 0. The summed E-state index contributed by atoms with van der Waals surface area (Å²) in [5.74, 6) is 0. The van der Waals surface area contributed by atoms with E-state index in [9.17, 15) is 0 Å². The lowest BCUT2D eigenvalue weighted by Crippen LogP contribution is -2.68. The van der Waals surface area contributed by atoms with Gasteiger partial charge in [0.25, 0.3) is 0 Å². The summed E-state index contributed by atoms with van der Waals surface area (Å²) in [7, 11) is -0.340. The van der Waals surface area contributed by atoms with Crippen LogP contribution in [-0.4, -0.2) is 30.7 Å². The number of quaternary nitrogens is 1. The van der Waals surface area contributed by atoms with Gasteiger partial charge in [-0.3, -0.25) is 4.48 Å². The van der Waals surface area contributed by atoms with Crippen LogP contribution in [0.15, 0.2) is 24.3 Å². The Balaban J connectivity index is 0.000000309. The molecule has 6 nitrogen and oxygen atoms in total. The average molecular weight is 332 g/mol. The quantitative estimate of drug-likeness (QED) is 0.508. The highest BCUT2D eigenvalue weighted by Crippen LogP contribution is 2.52. The van der Waals surface area contributed by atoms with Crippen LogP contribution in [0.2, 0.25) is 0 Å². The molecule has 1 aromatic carbocycles. The second kappa shape index (κ2) is 5.42. The molecule has 124 valence electrons. The van der Waals surface area contributed by atoms with Gasteiger partial charge in [-0.25, -0.2) is 18.6 Å². The number of nitrogens with zero attached hydrogens (tertiary/aromatic N) is 1. The van der Waals surface area contributed by atoms with E-state index >= 15 is 0 Å². The van der Waals surface area contributed by atoms with Crippen LogP contribution in [-0.2, 0) is 16.9 Å². The maximum Gasteiger partial charge on any atom is 0.231 e. The molecule has 1 fully saturated rings. The first-order chi connectivity index (χ1) is 9.86. The minimum absolute atomic E-state index is 0.0268. The van der Waals surface area contributed by atoms with Crippen LogP contribution in [0.25, 0.3) is 0 Å². The summed E-state index contributed by atoms with van der Waals surface area (Å²) in [6.45, 7) is 5.49. The van der Waals surface area contributed by atoms with Crippen molar-refractivity contribution in [1.82, 2.24) is 0 Å². The third kappa shape index (κ3) is 3.44. The Bertz CT molecular complexity index is 549. The van der Waals surface area contributed by atoms with Gasteiger partial charge in [-0.1, -0.05) is 18.2 Å². The zero-order valence-electron chi connectivity index (χ0n) is 13.3. The second-order valence-electron chi connectivity index (χ2n) is 7.02. The summed E-state index contributed by atoms with van der Waals surface area (Å²) in [5, 5.41) is 0. The molecule has 0 N–H and O–H groups in total. The molecule has 7 heteroatoms. The highest BCUT2D eigenvalue weighted by atomic mass is 35.7. The number of benzene rings is 1. The van der Waals surface area contributed by atoms with Crippen LogP contribution in [0, 0.1) is 10.2 Å². The number of rotatable bonds is 0. The molecule has 3 rings (SSSR count). The number of hydrogen-bond acceptors (Lipinski definition) is 5. The molecule has 1 aromatic rings. The molecule has 0 aromatic heterocycles. The number of likely N-dealkylation sites (N-methyl/N-ethyl adjacent to an activating group) is 1. The summed E-state index contributed by atoms with van der Waals surface area (Å²) in [6, 6.07) is 8.78. The third-order valence-electron chi connectivity index (χ3n) is 4.37. The van der Waals surface area contributed by atoms with Gasteiger partial charge in [0.05, 0.1) is 14.1 Å². The Morgan fingerprint density at radius 3 is 2.14 bits per heavy atom. The second-order valence-corrected chi connectivity index (χ2v) is 7.78. The number of ether oxygens (including phenoxy) is 1. The molecule has 1 aliphatic heterocycles. The van der Waals surface area contributed by atoms with Crippen molar-refractivity contribution in [3.05, 3.63) is 35.4 Å². The topological polar surface area (TPSA) is 101 Å². The van der Waals surface area contributed by atoms with Crippen molar-refractivity contribution in [3.8, 4) is 0 Å². The first-order valence-electron chi connectivity index (χ1n) is 7.10. The van der Waals surface area contributed by atoms with Crippen LogP contribution in [0.4, 0.5) is 0 Å². The highest BCUT2D eigenvalue weighted by Gasteiger charge is 2.61. The lowest BCUT2D eigenvalue weighted by atomic mass is 10.0. The van der Waals surface area contributed by atoms with Gasteiger partial charge in [0.2, 0.25) is 5.72 Å². The Labute approximate surface area is 132 Å². The van der Waals surface area contributed by atoms with Gasteiger partial charge in [0.15, 0.2) is 0 Å². The summed E-state index contributed by atoms with van der Waals surface area (Å²) in [6.07, 6.45) is 2.26. The van der Waals surface area contributed by atoms with E-state index in [1.165, 1.54) is 11.1 Å².